The number of nitrogens with zero attached hydrogens (tertiary/aromatic N) is 2. The average molecular weight is 257 g/mol. The van der Waals surface area contributed by atoms with E-state index < -0.39 is 0 Å². The van der Waals surface area contributed by atoms with Crippen molar-refractivity contribution in [2.75, 3.05) is 28.0 Å². The van der Waals surface area contributed by atoms with Crippen LogP contribution in [0.5, 0.6) is 5.75 Å². The first-order valence-corrected chi connectivity index (χ1v) is 5.94. The van der Waals surface area contributed by atoms with E-state index in [0.29, 0.717) is 10.9 Å². The molecular formula is C12H17ClN2O2. The molecule has 4 nitrogen and oxygen atoms in total. The molecule has 0 aliphatic heterocycles. The van der Waals surface area contributed by atoms with E-state index in [9.17, 15) is 0 Å². The molecular weight excluding hydrogens is 240 g/mol. The summed E-state index contributed by atoms with van der Waals surface area (Å²) in [7, 11) is 5.71. The molecule has 0 radical (unpaired) electrons. The maximum Gasteiger partial charge on any atom is 0.188 e. The summed E-state index contributed by atoms with van der Waals surface area (Å²) in [6, 6.07) is 3.83. The van der Waals surface area contributed by atoms with Crippen molar-refractivity contribution in [1.29, 1.82) is 0 Å². The zero-order chi connectivity index (χ0) is 12.5. The Kier molecular flexibility index (Phi) is 3.56. The van der Waals surface area contributed by atoms with Gasteiger partial charge in [0.05, 0.1) is 11.2 Å². The molecule has 1 aliphatic carbocycles. The quantitative estimate of drug-likeness (QED) is 0.598. The molecule has 5 heteroatoms. The number of aromatic nitrogens is 1. The van der Waals surface area contributed by atoms with E-state index in [2.05, 4.69) is 24.0 Å². The second-order valence-corrected chi connectivity index (χ2v) is 4.82. The monoisotopic (exact) mass is 256 g/mol. The van der Waals surface area contributed by atoms with Crippen molar-refractivity contribution >= 4 is 11.6 Å². The Bertz CT molecular complexity index is 405. The first kappa shape index (κ1) is 12.6. The molecule has 1 aromatic heterocycles. The van der Waals surface area contributed by atoms with Crippen LogP contribution in [0.15, 0.2) is 12.1 Å². The second-order valence-electron chi connectivity index (χ2n) is 4.46. The summed E-state index contributed by atoms with van der Waals surface area (Å²) in [5.41, 5.74) is 1.08. The first-order valence-electron chi connectivity index (χ1n) is 5.56. The lowest BCUT2D eigenvalue weighted by Crippen LogP contribution is -2.28. The summed E-state index contributed by atoms with van der Waals surface area (Å²) in [6.45, 7) is 0.180. The van der Waals surface area contributed by atoms with Gasteiger partial charge in [-0.25, -0.2) is 4.98 Å². The number of rotatable bonds is 5. The Balaban J connectivity index is 2.19. The number of hydrogen-bond acceptors (Lipinski definition) is 4. The summed E-state index contributed by atoms with van der Waals surface area (Å²) in [5.74, 6) is 0.562. The fraction of sp³-hybridized carbons (Fsp3) is 0.583. The normalized spacial score (nSPS) is 17.2. The maximum atomic E-state index is 6.09. The van der Waals surface area contributed by atoms with Gasteiger partial charge in [-0.05, 0) is 39.1 Å². The van der Waals surface area contributed by atoms with E-state index >= 15 is 0 Å². The van der Waals surface area contributed by atoms with E-state index in [4.69, 9.17) is 21.1 Å². The van der Waals surface area contributed by atoms with Crippen molar-refractivity contribution in [3.8, 4) is 5.75 Å². The van der Waals surface area contributed by atoms with Crippen LogP contribution >= 0.6 is 11.6 Å². The van der Waals surface area contributed by atoms with Gasteiger partial charge in [0.1, 0.15) is 0 Å². The van der Waals surface area contributed by atoms with Crippen LogP contribution in [0.4, 0.5) is 0 Å². The highest BCUT2D eigenvalue weighted by atomic mass is 35.5. The van der Waals surface area contributed by atoms with Gasteiger partial charge in [-0.15, -0.1) is 0 Å². The molecule has 1 fully saturated rings. The molecule has 0 bridgehead atoms. The summed E-state index contributed by atoms with van der Waals surface area (Å²) in [4.78, 5) is 6.62. The molecule has 1 saturated carbocycles. The van der Waals surface area contributed by atoms with Crippen molar-refractivity contribution in [3.05, 3.63) is 23.0 Å². The zero-order valence-corrected chi connectivity index (χ0v) is 11.1. The molecule has 1 aromatic rings. The standard InChI is InChI=1S/C12H17ClN2O2/c1-15(2)12(6-7-12)10-5-4-9(11(13)14-10)17-8-16-3/h4-5H,6-8H2,1-3H3. The zero-order valence-electron chi connectivity index (χ0n) is 10.4. The molecule has 1 heterocycles. The Morgan fingerprint density at radius 1 is 1.41 bits per heavy atom. The van der Waals surface area contributed by atoms with Gasteiger partial charge in [0.2, 0.25) is 0 Å². The third kappa shape index (κ3) is 2.39. The molecule has 94 valence electrons. The van der Waals surface area contributed by atoms with Gasteiger partial charge in [0.15, 0.2) is 17.7 Å². The van der Waals surface area contributed by atoms with Crippen molar-refractivity contribution in [2.45, 2.75) is 18.4 Å². The van der Waals surface area contributed by atoms with Gasteiger partial charge < -0.3 is 9.47 Å². The van der Waals surface area contributed by atoms with E-state index in [0.717, 1.165) is 18.5 Å². The fourth-order valence-corrected chi connectivity index (χ4v) is 2.17. The Morgan fingerprint density at radius 2 is 2.12 bits per heavy atom. The molecule has 0 spiro atoms. The third-order valence-electron chi connectivity index (χ3n) is 3.20. The molecule has 0 atom stereocenters. The van der Waals surface area contributed by atoms with Crippen LogP contribution in [0, 0.1) is 0 Å². The Morgan fingerprint density at radius 3 is 2.59 bits per heavy atom. The lowest BCUT2D eigenvalue weighted by Gasteiger charge is -2.23. The van der Waals surface area contributed by atoms with E-state index in [1.807, 2.05) is 12.1 Å². The van der Waals surface area contributed by atoms with Crippen LogP contribution < -0.4 is 4.74 Å². The molecule has 0 unspecified atom stereocenters. The molecule has 17 heavy (non-hydrogen) atoms. The van der Waals surface area contributed by atoms with Crippen molar-refractivity contribution in [2.24, 2.45) is 0 Å². The highest BCUT2D eigenvalue weighted by molar-refractivity contribution is 6.30. The minimum absolute atomic E-state index is 0.0728. The maximum absolute atomic E-state index is 6.09. The summed E-state index contributed by atoms with van der Waals surface area (Å²) in [5, 5.41) is 0.396. The third-order valence-corrected chi connectivity index (χ3v) is 3.47. The first-order chi connectivity index (χ1) is 8.10. The SMILES string of the molecule is COCOc1ccc(C2(N(C)C)CC2)nc1Cl. The number of pyridine rings is 1. The highest BCUT2D eigenvalue weighted by Gasteiger charge is 2.47. The van der Waals surface area contributed by atoms with Crippen molar-refractivity contribution in [1.82, 2.24) is 9.88 Å². The highest BCUT2D eigenvalue weighted by Crippen LogP contribution is 2.49. The topological polar surface area (TPSA) is 34.6 Å². The van der Waals surface area contributed by atoms with Gasteiger partial charge in [-0.2, -0.15) is 0 Å². The van der Waals surface area contributed by atoms with Crippen LogP contribution in [-0.4, -0.2) is 37.9 Å². The van der Waals surface area contributed by atoms with Gasteiger partial charge in [0.25, 0.3) is 0 Å². The van der Waals surface area contributed by atoms with Crippen LogP contribution in [0.3, 0.4) is 0 Å². The van der Waals surface area contributed by atoms with E-state index in [1.54, 1.807) is 7.11 Å². The fourth-order valence-electron chi connectivity index (χ4n) is 1.96. The van der Waals surface area contributed by atoms with Crippen LogP contribution in [0.1, 0.15) is 18.5 Å². The smallest absolute Gasteiger partial charge is 0.188 e. The number of ether oxygens (including phenoxy) is 2. The molecule has 2 rings (SSSR count). The number of methoxy groups -OCH3 is 1. The van der Waals surface area contributed by atoms with Crippen LogP contribution in [-0.2, 0) is 10.3 Å². The minimum atomic E-state index is 0.0728. The van der Waals surface area contributed by atoms with Crippen LogP contribution in [0.25, 0.3) is 0 Å². The summed E-state index contributed by atoms with van der Waals surface area (Å²) >= 11 is 6.09. The van der Waals surface area contributed by atoms with Gasteiger partial charge in [-0.1, -0.05) is 11.6 Å². The molecule has 0 N–H and O–H groups in total. The van der Waals surface area contributed by atoms with E-state index in [1.165, 1.54) is 0 Å². The lowest BCUT2D eigenvalue weighted by atomic mass is 10.1. The number of hydrogen-bond donors (Lipinski definition) is 0. The van der Waals surface area contributed by atoms with Crippen molar-refractivity contribution in [3.63, 3.8) is 0 Å². The molecule has 0 aromatic carbocycles. The van der Waals surface area contributed by atoms with Crippen molar-refractivity contribution < 1.29 is 9.47 Å². The second kappa shape index (κ2) is 4.80. The summed E-state index contributed by atoms with van der Waals surface area (Å²) in [6.07, 6.45) is 2.25. The minimum Gasteiger partial charge on any atom is -0.464 e. The average Bonchev–Trinajstić information content (AvgIpc) is 3.08. The largest absolute Gasteiger partial charge is 0.464 e. The summed E-state index contributed by atoms with van der Waals surface area (Å²) < 4.78 is 10.1. The van der Waals surface area contributed by atoms with Gasteiger partial charge in [0, 0.05) is 7.11 Å². The van der Waals surface area contributed by atoms with Crippen LogP contribution in [0.2, 0.25) is 5.15 Å². The Labute approximate surface area is 106 Å². The molecule has 0 amide bonds. The predicted molar refractivity (Wildman–Crippen MR) is 66.4 cm³/mol. The van der Waals surface area contributed by atoms with Gasteiger partial charge >= 0.3 is 0 Å². The predicted octanol–water partition coefficient (Wildman–Crippen LogP) is 2.27. The molecule has 1 aliphatic rings. The lowest BCUT2D eigenvalue weighted by molar-refractivity contribution is 0.0508. The van der Waals surface area contributed by atoms with E-state index in [-0.39, 0.29) is 12.3 Å². The molecule has 0 saturated heterocycles. The Hall–Kier alpha value is -0.840. The van der Waals surface area contributed by atoms with Gasteiger partial charge in [-0.3, -0.25) is 4.90 Å². The number of halogens is 1.